The standard InChI is InChI=1S/C17H19N3O3S/c1-9-15(10-2-4-20(9)5-3-10)19-16(21)12-7-13-11(8-18-12)6-14(24-13)17(22)23/h6-10,15H,2-5H2,1H3,(H,19,21)(H,22,23)/t9-,15-/m0/s1. The minimum atomic E-state index is -0.955. The highest BCUT2D eigenvalue weighted by molar-refractivity contribution is 7.20. The van der Waals surface area contributed by atoms with E-state index < -0.39 is 5.97 Å². The number of carboxylic acids is 1. The van der Waals surface area contributed by atoms with Crippen LogP contribution in [0.2, 0.25) is 0 Å². The average Bonchev–Trinajstić information content (AvgIpc) is 3.02. The van der Waals surface area contributed by atoms with E-state index in [0.717, 1.165) is 36.0 Å². The number of hydrogen-bond acceptors (Lipinski definition) is 5. The number of hydrogen-bond donors (Lipinski definition) is 2. The molecule has 0 saturated carbocycles. The maximum absolute atomic E-state index is 12.6. The lowest BCUT2D eigenvalue weighted by Crippen LogP contribution is -2.62. The van der Waals surface area contributed by atoms with E-state index in [4.69, 9.17) is 5.11 Å². The summed E-state index contributed by atoms with van der Waals surface area (Å²) in [5, 5.41) is 13.0. The summed E-state index contributed by atoms with van der Waals surface area (Å²) in [6, 6.07) is 3.79. The van der Waals surface area contributed by atoms with Gasteiger partial charge in [0.15, 0.2) is 0 Å². The molecule has 2 aromatic heterocycles. The van der Waals surface area contributed by atoms with E-state index in [1.807, 2.05) is 0 Å². The van der Waals surface area contributed by atoms with Crippen LogP contribution in [0.1, 0.15) is 39.9 Å². The number of carbonyl (C=O) groups is 2. The molecule has 0 radical (unpaired) electrons. The van der Waals surface area contributed by atoms with Gasteiger partial charge in [-0.1, -0.05) is 0 Å². The molecule has 5 heterocycles. The molecule has 6 nitrogen and oxygen atoms in total. The zero-order valence-corrected chi connectivity index (χ0v) is 14.2. The van der Waals surface area contributed by atoms with Gasteiger partial charge in [0.25, 0.3) is 5.91 Å². The van der Waals surface area contributed by atoms with Gasteiger partial charge in [-0.3, -0.25) is 14.7 Å². The highest BCUT2D eigenvalue weighted by atomic mass is 32.1. The Bertz CT molecular complexity index is 809. The van der Waals surface area contributed by atoms with E-state index in [1.54, 1.807) is 18.3 Å². The van der Waals surface area contributed by atoms with Gasteiger partial charge in [-0.25, -0.2) is 4.79 Å². The van der Waals surface area contributed by atoms with Gasteiger partial charge in [0.1, 0.15) is 10.6 Å². The molecule has 0 aliphatic carbocycles. The van der Waals surface area contributed by atoms with Crippen LogP contribution in [0.4, 0.5) is 0 Å². The van der Waals surface area contributed by atoms with Crippen molar-refractivity contribution < 1.29 is 14.7 Å². The second kappa shape index (κ2) is 5.82. The average molecular weight is 345 g/mol. The summed E-state index contributed by atoms with van der Waals surface area (Å²) < 4.78 is 0.773. The molecule has 2 atom stereocenters. The number of rotatable bonds is 3. The zero-order chi connectivity index (χ0) is 16.8. The first-order chi connectivity index (χ1) is 11.5. The molecule has 7 heteroatoms. The lowest BCUT2D eigenvalue weighted by atomic mass is 9.79. The lowest BCUT2D eigenvalue weighted by molar-refractivity contribution is 0.0216. The molecule has 2 aromatic rings. The number of pyridine rings is 1. The summed E-state index contributed by atoms with van der Waals surface area (Å²) in [5.74, 6) is -0.589. The summed E-state index contributed by atoms with van der Waals surface area (Å²) in [7, 11) is 0. The first-order valence-electron chi connectivity index (χ1n) is 8.21. The highest BCUT2D eigenvalue weighted by Gasteiger charge is 2.40. The second-order valence-corrected chi connectivity index (χ2v) is 7.72. The predicted molar refractivity (Wildman–Crippen MR) is 91.6 cm³/mol. The Kier molecular flexibility index (Phi) is 3.77. The Morgan fingerprint density at radius 1 is 1.33 bits per heavy atom. The van der Waals surface area contributed by atoms with Crippen molar-refractivity contribution in [3.8, 4) is 0 Å². The Hall–Kier alpha value is -1.99. The molecule has 3 saturated heterocycles. The molecule has 3 aliphatic rings. The molecule has 126 valence electrons. The van der Waals surface area contributed by atoms with Gasteiger partial charge in [0.2, 0.25) is 0 Å². The summed E-state index contributed by atoms with van der Waals surface area (Å²) in [6.45, 7) is 4.41. The summed E-state index contributed by atoms with van der Waals surface area (Å²) in [6.07, 6.45) is 3.84. The van der Waals surface area contributed by atoms with Crippen molar-refractivity contribution in [2.45, 2.75) is 31.8 Å². The van der Waals surface area contributed by atoms with Crippen molar-refractivity contribution >= 4 is 33.3 Å². The van der Waals surface area contributed by atoms with Crippen molar-refractivity contribution in [3.63, 3.8) is 0 Å². The first kappa shape index (κ1) is 15.5. The molecule has 1 amide bonds. The van der Waals surface area contributed by atoms with Crippen LogP contribution >= 0.6 is 11.3 Å². The van der Waals surface area contributed by atoms with E-state index >= 15 is 0 Å². The maximum atomic E-state index is 12.6. The van der Waals surface area contributed by atoms with Crippen LogP contribution in [0.5, 0.6) is 0 Å². The van der Waals surface area contributed by atoms with Crippen LogP contribution in [0.15, 0.2) is 18.3 Å². The Morgan fingerprint density at radius 3 is 2.75 bits per heavy atom. The van der Waals surface area contributed by atoms with Gasteiger partial charge in [0.05, 0.1) is 0 Å². The molecule has 2 N–H and O–H groups in total. The van der Waals surface area contributed by atoms with Crippen LogP contribution in [0.3, 0.4) is 0 Å². The van der Waals surface area contributed by atoms with E-state index in [-0.39, 0.29) is 16.8 Å². The fourth-order valence-corrected chi connectivity index (χ4v) is 4.84. The number of fused-ring (bicyclic) bond motifs is 4. The van der Waals surface area contributed by atoms with Crippen molar-refractivity contribution in [2.75, 3.05) is 13.1 Å². The fourth-order valence-electron chi connectivity index (χ4n) is 3.93. The Labute approximate surface area is 143 Å². The number of carboxylic acid groups (broad SMARTS) is 1. The van der Waals surface area contributed by atoms with Crippen molar-refractivity contribution in [2.24, 2.45) is 5.92 Å². The number of nitrogens with one attached hydrogen (secondary N) is 1. The third-order valence-electron chi connectivity index (χ3n) is 5.32. The van der Waals surface area contributed by atoms with E-state index in [2.05, 4.69) is 22.1 Å². The largest absolute Gasteiger partial charge is 0.477 e. The first-order valence-corrected chi connectivity index (χ1v) is 9.02. The number of piperidine rings is 3. The third kappa shape index (κ3) is 2.57. The molecule has 3 aliphatic heterocycles. The number of carbonyl (C=O) groups excluding carboxylic acids is 1. The molecule has 3 fully saturated rings. The van der Waals surface area contributed by atoms with Crippen molar-refractivity contribution in [1.82, 2.24) is 15.2 Å². The normalized spacial score (nSPS) is 28.9. The number of nitrogens with zero attached hydrogens (tertiary/aromatic N) is 2. The van der Waals surface area contributed by atoms with Crippen LogP contribution in [-0.4, -0.2) is 52.0 Å². The minimum absolute atomic E-state index is 0.162. The van der Waals surface area contributed by atoms with Crippen LogP contribution in [0.25, 0.3) is 10.1 Å². The van der Waals surface area contributed by atoms with E-state index in [1.165, 1.54) is 11.3 Å². The summed E-state index contributed by atoms with van der Waals surface area (Å²) >= 11 is 1.17. The smallest absolute Gasteiger partial charge is 0.345 e. The SMILES string of the molecule is C[C@H]1[C@H](NC(=O)c2cc3sc(C(=O)O)cc3cn2)C2CCN1CC2. The molecule has 24 heavy (non-hydrogen) atoms. The van der Waals surface area contributed by atoms with Gasteiger partial charge >= 0.3 is 5.97 Å². The van der Waals surface area contributed by atoms with Crippen molar-refractivity contribution in [1.29, 1.82) is 0 Å². The molecule has 5 rings (SSSR count). The molecule has 0 spiro atoms. The number of aromatic carboxylic acids is 1. The summed E-state index contributed by atoms with van der Waals surface area (Å²) in [5.41, 5.74) is 0.352. The van der Waals surface area contributed by atoms with Crippen LogP contribution in [0, 0.1) is 5.92 Å². The highest BCUT2D eigenvalue weighted by Crippen LogP contribution is 2.32. The zero-order valence-electron chi connectivity index (χ0n) is 13.4. The number of thiophene rings is 1. The quantitative estimate of drug-likeness (QED) is 0.891. The Balaban J connectivity index is 1.56. The third-order valence-corrected chi connectivity index (χ3v) is 6.41. The number of amides is 1. The van der Waals surface area contributed by atoms with Gasteiger partial charge in [-0.05, 0) is 50.9 Å². The summed E-state index contributed by atoms with van der Waals surface area (Å²) in [4.78, 5) is 30.6. The van der Waals surface area contributed by atoms with Crippen molar-refractivity contribution in [3.05, 3.63) is 28.9 Å². The van der Waals surface area contributed by atoms with Crippen LogP contribution in [-0.2, 0) is 0 Å². The second-order valence-electron chi connectivity index (χ2n) is 6.64. The van der Waals surface area contributed by atoms with Gasteiger partial charge in [0, 0.05) is 28.4 Å². The van der Waals surface area contributed by atoms with Crippen LogP contribution < -0.4 is 5.32 Å². The Morgan fingerprint density at radius 2 is 2.08 bits per heavy atom. The van der Waals surface area contributed by atoms with Gasteiger partial charge in [-0.2, -0.15) is 0 Å². The lowest BCUT2D eigenvalue weighted by Gasteiger charge is -2.49. The molecule has 2 bridgehead atoms. The predicted octanol–water partition coefficient (Wildman–Crippen LogP) is 2.21. The monoisotopic (exact) mass is 345 g/mol. The van der Waals surface area contributed by atoms with E-state index in [9.17, 15) is 9.59 Å². The fraction of sp³-hybridized carbons (Fsp3) is 0.471. The number of aromatic nitrogens is 1. The topological polar surface area (TPSA) is 82.5 Å². The minimum Gasteiger partial charge on any atom is -0.477 e. The maximum Gasteiger partial charge on any atom is 0.345 e. The molecular formula is C17H19N3O3S. The molecule has 0 unspecified atom stereocenters. The van der Waals surface area contributed by atoms with E-state index in [0.29, 0.717) is 17.7 Å². The van der Waals surface area contributed by atoms with Gasteiger partial charge in [-0.15, -0.1) is 11.3 Å². The van der Waals surface area contributed by atoms with Gasteiger partial charge < -0.3 is 10.4 Å². The molecular weight excluding hydrogens is 326 g/mol. The molecule has 0 aromatic carbocycles.